The van der Waals surface area contributed by atoms with Crippen LogP contribution in [0.25, 0.3) is 0 Å². The van der Waals surface area contributed by atoms with Gasteiger partial charge in [0, 0.05) is 14.2 Å². The summed E-state index contributed by atoms with van der Waals surface area (Å²) in [7, 11) is 1.37. The van der Waals surface area contributed by atoms with Gasteiger partial charge in [-0.3, -0.25) is 4.99 Å². The van der Waals surface area contributed by atoms with Crippen molar-refractivity contribution >= 4 is 15.8 Å². The van der Waals surface area contributed by atoms with Crippen molar-refractivity contribution < 1.29 is 8.39 Å². The van der Waals surface area contributed by atoms with Gasteiger partial charge < -0.3 is 8.39 Å². The third-order valence-corrected chi connectivity index (χ3v) is 0.952. The van der Waals surface area contributed by atoms with E-state index >= 15 is 0 Å². The topological polar surface area (TPSA) is 38.7 Å². The monoisotopic (exact) mass is 120 g/mol. The first kappa shape index (κ1) is 6.69. The van der Waals surface area contributed by atoms with Gasteiger partial charge in [0.15, 0.2) is 0 Å². The largest absolute Gasteiger partial charge is 0.447 e. The summed E-state index contributed by atoms with van der Waals surface area (Å²) in [4.78, 5) is 3.33. The zero-order chi connectivity index (χ0) is 5.70. The zero-order valence-corrected chi connectivity index (χ0v) is 4.99. The lowest BCUT2D eigenvalue weighted by Gasteiger charge is -1.89. The van der Waals surface area contributed by atoms with E-state index in [1.807, 2.05) is 0 Å². The normalized spacial score (nSPS) is 8.43. The van der Waals surface area contributed by atoms with E-state index in [0.29, 0.717) is 0 Å². The number of isothiocyanates is 1. The molecule has 0 atom stereocenters. The minimum Gasteiger partial charge on any atom is -0.447 e. The highest BCUT2D eigenvalue weighted by Gasteiger charge is 1.46. The van der Waals surface area contributed by atoms with Gasteiger partial charge in [-0.25, -0.2) is 0 Å². The molecule has 42 valence electrons. The highest BCUT2D eigenvalue weighted by molar-refractivity contribution is 7.78. The van der Waals surface area contributed by atoms with Gasteiger partial charge in [0.2, 0.25) is 0 Å². The summed E-state index contributed by atoms with van der Waals surface area (Å²) in [5.41, 5.74) is 0. The molecule has 0 saturated heterocycles. The van der Waals surface area contributed by atoms with Crippen LogP contribution in [0.1, 0.15) is 0 Å². The lowest BCUT2D eigenvalue weighted by atomic mass is 11.4. The van der Waals surface area contributed by atoms with Crippen molar-refractivity contribution in [2.24, 2.45) is 4.99 Å². The summed E-state index contributed by atoms with van der Waals surface area (Å²) in [6.07, 6.45) is 0. The van der Waals surface area contributed by atoms with Crippen LogP contribution in [0.2, 0.25) is 0 Å². The second-order valence-corrected chi connectivity index (χ2v) is 1.70. The molecule has 0 aliphatic carbocycles. The molecule has 0 aromatic carbocycles. The predicted octanol–water partition coefficient (Wildman–Crippen LogP) is 0.0467. The maximum atomic E-state index is 10.1. The Kier molecular flexibility index (Phi) is 3.69. The molecule has 0 aliphatic heterocycles. The Labute approximate surface area is 44.3 Å². The minimum atomic E-state index is -1.44. The molecule has 0 fully saturated rings. The summed E-state index contributed by atoms with van der Waals surface area (Å²) in [5.74, 6) is 0. The molecule has 0 radical (unpaired) electrons. The molecule has 0 amide bonds. The van der Waals surface area contributed by atoms with E-state index in [0.717, 1.165) is 0 Å². The average molecular weight is 120 g/mol. The fourth-order valence-corrected chi connectivity index (χ4v) is 0.335. The van der Waals surface area contributed by atoms with Crippen molar-refractivity contribution in [3.63, 3.8) is 0 Å². The smallest absolute Gasteiger partial charge is 0.0347 e. The molecule has 0 aliphatic rings. The lowest BCUT2D eigenvalue weighted by Crippen LogP contribution is -1.74. The lowest BCUT2D eigenvalue weighted by molar-refractivity contribution is 0.443. The third kappa shape index (κ3) is 3.52. The van der Waals surface area contributed by atoms with Crippen LogP contribution in [0.5, 0.6) is 0 Å². The molecule has 0 aromatic heterocycles. The number of rotatable bonds is 1. The van der Waals surface area contributed by atoms with Crippen LogP contribution < -0.4 is 0 Å². The van der Waals surface area contributed by atoms with Crippen LogP contribution >= 0.6 is 0 Å². The van der Waals surface area contributed by atoms with Crippen molar-refractivity contribution in [2.45, 2.75) is 0 Å². The van der Waals surface area contributed by atoms with Crippen LogP contribution in [-0.4, -0.2) is 19.3 Å². The number of hydrogen-bond donors (Lipinski definition) is 0. The fourth-order valence-electron chi connectivity index (χ4n) is 0.112. The average Bonchev–Trinajstić information content (AvgIpc) is 1.68. The van der Waals surface area contributed by atoms with Crippen molar-refractivity contribution in [1.82, 2.24) is 0 Å². The molecule has 0 saturated carbocycles. The molecule has 0 N–H and O–H groups in total. The first-order chi connectivity index (χ1) is 3.31. The van der Waals surface area contributed by atoms with Gasteiger partial charge in [0.1, 0.15) is 0 Å². The highest BCUT2D eigenvalue weighted by Crippen LogP contribution is 1.59. The molecular formula is C3H6NO2S-. The van der Waals surface area contributed by atoms with Crippen LogP contribution in [0.15, 0.2) is 4.99 Å². The van der Waals surface area contributed by atoms with E-state index in [1.54, 1.807) is 0 Å². The second-order valence-electron chi connectivity index (χ2n) is 0.716. The van der Waals surface area contributed by atoms with E-state index in [4.69, 9.17) is 0 Å². The standard InChI is InChI=1S/C3H6NO2S/c1-4-3-7(5)6-2/h1-2H3/q-1. The highest BCUT2D eigenvalue weighted by atomic mass is 32.2. The van der Waals surface area contributed by atoms with Gasteiger partial charge in [-0.15, -0.1) is 5.16 Å². The van der Waals surface area contributed by atoms with Crippen molar-refractivity contribution in [3.05, 3.63) is 0 Å². The zero-order valence-electron chi connectivity index (χ0n) is 4.17. The van der Waals surface area contributed by atoms with Gasteiger partial charge in [-0.05, 0) is 0 Å². The van der Waals surface area contributed by atoms with Gasteiger partial charge in [0.05, 0.1) is 0 Å². The molecule has 4 heteroatoms. The maximum Gasteiger partial charge on any atom is 0.0347 e. The van der Waals surface area contributed by atoms with Crippen LogP contribution in [0.3, 0.4) is 0 Å². The molecule has 0 aromatic rings. The van der Waals surface area contributed by atoms with E-state index in [2.05, 4.69) is 14.3 Å². The SMILES string of the molecule is CN=C=[S-](=O)OC. The Bertz CT molecular complexity index is 141. The van der Waals surface area contributed by atoms with Crippen LogP contribution in [0.4, 0.5) is 0 Å². The number of hydrogen-bond acceptors (Lipinski definition) is 4. The minimum absolute atomic E-state index is 1.33. The van der Waals surface area contributed by atoms with Crippen molar-refractivity contribution in [3.8, 4) is 0 Å². The van der Waals surface area contributed by atoms with E-state index in [1.165, 1.54) is 14.2 Å². The van der Waals surface area contributed by atoms with E-state index in [9.17, 15) is 4.21 Å². The van der Waals surface area contributed by atoms with Crippen LogP contribution in [-0.2, 0) is 19.1 Å². The Morgan fingerprint density at radius 3 is 2.57 bits per heavy atom. The summed E-state index contributed by atoms with van der Waals surface area (Å²) < 4.78 is 14.4. The molecule has 0 spiro atoms. The Balaban J connectivity index is 4.04. The Morgan fingerprint density at radius 2 is 2.43 bits per heavy atom. The summed E-state index contributed by atoms with van der Waals surface area (Å²) in [6.45, 7) is 0. The second kappa shape index (κ2) is 3.87. The first-order valence-electron chi connectivity index (χ1n) is 1.62. The summed E-state index contributed by atoms with van der Waals surface area (Å²) in [5, 5.41) is 2.17. The van der Waals surface area contributed by atoms with Gasteiger partial charge in [-0.2, -0.15) is 0 Å². The van der Waals surface area contributed by atoms with E-state index < -0.39 is 10.7 Å². The Hall–Kier alpha value is -0.310. The van der Waals surface area contributed by atoms with Gasteiger partial charge in [0.25, 0.3) is 0 Å². The van der Waals surface area contributed by atoms with Crippen LogP contribution in [0, 0.1) is 0 Å². The molecule has 7 heavy (non-hydrogen) atoms. The fraction of sp³-hybridized carbons (Fsp3) is 0.667. The van der Waals surface area contributed by atoms with Crippen molar-refractivity contribution in [1.29, 1.82) is 0 Å². The molecule has 0 bridgehead atoms. The molecular weight excluding hydrogens is 114 g/mol. The molecule has 3 nitrogen and oxygen atoms in total. The Morgan fingerprint density at radius 1 is 1.86 bits per heavy atom. The predicted molar refractivity (Wildman–Crippen MR) is 28.4 cm³/mol. The summed E-state index contributed by atoms with van der Waals surface area (Å²) >= 11 is 0. The number of nitrogens with zero attached hydrogens (tertiary/aromatic N) is 1. The third-order valence-electron chi connectivity index (χ3n) is 0.317. The number of aliphatic imine (C=N–C) groups is 1. The van der Waals surface area contributed by atoms with Gasteiger partial charge in [-0.1, -0.05) is 10.7 Å². The quantitative estimate of drug-likeness (QED) is 0.278. The summed E-state index contributed by atoms with van der Waals surface area (Å²) in [6, 6.07) is 0. The molecule has 0 rings (SSSR count). The first-order valence-corrected chi connectivity index (χ1v) is 2.69. The van der Waals surface area contributed by atoms with Crippen molar-refractivity contribution in [2.75, 3.05) is 14.2 Å². The maximum absolute atomic E-state index is 10.1. The molecule has 0 unspecified atom stereocenters. The van der Waals surface area contributed by atoms with E-state index in [-0.39, 0.29) is 0 Å². The molecule has 0 heterocycles. The van der Waals surface area contributed by atoms with Gasteiger partial charge >= 0.3 is 0 Å².